The minimum absolute atomic E-state index is 0.161. The van der Waals surface area contributed by atoms with Crippen molar-refractivity contribution in [2.45, 2.75) is 37.8 Å². The average molecular weight is 341 g/mol. The lowest BCUT2D eigenvalue weighted by molar-refractivity contribution is 0.0146. The molecule has 5 nitrogen and oxygen atoms in total. The van der Waals surface area contributed by atoms with E-state index in [0.717, 1.165) is 68.3 Å². The SMILES string of the molecule is COC1CCN(C2CCN(C(=O)c3c[nH]c4ccccc34)CC2)CC1. The molecule has 3 heterocycles. The molecule has 1 amide bonds. The molecule has 0 radical (unpaired) electrons. The molecule has 25 heavy (non-hydrogen) atoms. The molecule has 2 aliphatic heterocycles. The number of fused-ring (bicyclic) bond motifs is 1. The number of rotatable bonds is 3. The highest BCUT2D eigenvalue weighted by Gasteiger charge is 2.30. The maximum atomic E-state index is 12.9. The number of ether oxygens (including phenoxy) is 1. The third-order valence-corrected chi connectivity index (χ3v) is 5.90. The summed E-state index contributed by atoms with van der Waals surface area (Å²) >= 11 is 0. The Hall–Kier alpha value is -1.85. The molecule has 0 unspecified atom stereocenters. The number of benzene rings is 1. The zero-order chi connectivity index (χ0) is 17.2. The molecule has 1 N–H and O–H groups in total. The highest BCUT2D eigenvalue weighted by atomic mass is 16.5. The predicted molar refractivity (Wildman–Crippen MR) is 98.8 cm³/mol. The number of hydrogen-bond acceptors (Lipinski definition) is 3. The van der Waals surface area contributed by atoms with Gasteiger partial charge in [0.15, 0.2) is 0 Å². The fraction of sp³-hybridized carbons (Fsp3) is 0.550. The number of aromatic nitrogens is 1. The monoisotopic (exact) mass is 341 g/mol. The number of nitrogens with zero attached hydrogens (tertiary/aromatic N) is 2. The van der Waals surface area contributed by atoms with Crippen molar-refractivity contribution in [1.29, 1.82) is 0 Å². The Labute approximate surface area is 148 Å². The Bertz CT molecular complexity index is 725. The van der Waals surface area contributed by atoms with Gasteiger partial charge in [-0.1, -0.05) is 18.2 Å². The van der Waals surface area contributed by atoms with E-state index in [4.69, 9.17) is 4.74 Å². The van der Waals surface area contributed by atoms with Crippen LogP contribution >= 0.6 is 0 Å². The summed E-state index contributed by atoms with van der Waals surface area (Å²) in [7, 11) is 1.81. The average Bonchev–Trinajstić information content (AvgIpc) is 3.12. The molecule has 1 aromatic heterocycles. The van der Waals surface area contributed by atoms with E-state index in [2.05, 4.69) is 9.88 Å². The normalized spacial score (nSPS) is 21.1. The molecule has 2 aromatic rings. The summed E-state index contributed by atoms with van der Waals surface area (Å²) < 4.78 is 5.47. The first-order valence-electron chi connectivity index (χ1n) is 9.38. The van der Waals surface area contributed by atoms with E-state index >= 15 is 0 Å². The van der Waals surface area contributed by atoms with Crippen LogP contribution in [0.25, 0.3) is 10.9 Å². The van der Waals surface area contributed by atoms with Gasteiger partial charge in [-0.3, -0.25) is 4.79 Å². The fourth-order valence-electron chi connectivity index (χ4n) is 4.33. The summed E-state index contributed by atoms with van der Waals surface area (Å²) in [5.74, 6) is 0.161. The molecule has 1 aromatic carbocycles. The summed E-state index contributed by atoms with van der Waals surface area (Å²) in [6.45, 7) is 3.96. The molecule has 134 valence electrons. The molecule has 0 bridgehead atoms. The van der Waals surface area contributed by atoms with Crippen molar-refractivity contribution in [3.8, 4) is 0 Å². The van der Waals surface area contributed by atoms with Crippen LogP contribution in [0.15, 0.2) is 30.5 Å². The Morgan fingerprint density at radius 1 is 1.08 bits per heavy atom. The van der Waals surface area contributed by atoms with Crippen molar-refractivity contribution in [2.75, 3.05) is 33.3 Å². The van der Waals surface area contributed by atoms with Gasteiger partial charge in [-0.25, -0.2) is 0 Å². The summed E-state index contributed by atoms with van der Waals surface area (Å²) in [4.78, 5) is 20.7. The smallest absolute Gasteiger partial charge is 0.256 e. The summed E-state index contributed by atoms with van der Waals surface area (Å²) in [5.41, 5.74) is 1.83. The van der Waals surface area contributed by atoms with Gasteiger partial charge in [0.2, 0.25) is 0 Å². The number of carbonyl (C=O) groups excluding carboxylic acids is 1. The number of H-pyrrole nitrogens is 1. The zero-order valence-electron chi connectivity index (χ0n) is 14.9. The second-order valence-corrected chi connectivity index (χ2v) is 7.24. The first-order chi connectivity index (χ1) is 12.3. The zero-order valence-corrected chi connectivity index (χ0v) is 14.9. The number of methoxy groups -OCH3 is 1. The van der Waals surface area contributed by atoms with Crippen molar-refractivity contribution < 1.29 is 9.53 Å². The number of aromatic amines is 1. The Balaban J connectivity index is 1.36. The van der Waals surface area contributed by atoms with Gasteiger partial charge in [0.05, 0.1) is 11.7 Å². The van der Waals surface area contributed by atoms with E-state index in [1.54, 1.807) is 0 Å². The van der Waals surface area contributed by atoms with E-state index in [1.165, 1.54) is 0 Å². The van der Waals surface area contributed by atoms with Gasteiger partial charge in [0, 0.05) is 56.4 Å². The van der Waals surface area contributed by atoms with Gasteiger partial charge >= 0.3 is 0 Å². The van der Waals surface area contributed by atoms with Crippen LogP contribution in [-0.4, -0.2) is 66.1 Å². The summed E-state index contributed by atoms with van der Waals surface area (Å²) in [6, 6.07) is 8.63. The van der Waals surface area contributed by atoms with Crippen LogP contribution in [-0.2, 0) is 4.74 Å². The van der Waals surface area contributed by atoms with E-state index in [9.17, 15) is 4.79 Å². The number of hydrogen-bond donors (Lipinski definition) is 1. The van der Waals surface area contributed by atoms with E-state index in [0.29, 0.717) is 12.1 Å². The van der Waals surface area contributed by atoms with Crippen molar-refractivity contribution >= 4 is 16.8 Å². The van der Waals surface area contributed by atoms with Crippen LogP contribution in [0.4, 0.5) is 0 Å². The van der Waals surface area contributed by atoms with Crippen molar-refractivity contribution in [3.05, 3.63) is 36.0 Å². The number of para-hydroxylation sites is 1. The van der Waals surface area contributed by atoms with Crippen LogP contribution in [0.3, 0.4) is 0 Å². The fourth-order valence-corrected chi connectivity index (χ4v) is 4.33. The van der Waals surface area contributed by atoms with Gasteiger partial charge < -0.3 is 19.5 Å². The molecule has 5 heteroatoms. The van der Waals surface area contributed by atoms with Gasteiger partial charge in [0.25, 0.3) is 5.91 Å². The second-order valence-electron chi connectivity index (χ2n) is 7.24. The molecule has 0 spiro atoms. The summed E-state index contributed by atoms with van der Waals surface area (Å²) in [5, 5.41) is 1.02. The summed E-state index contributed by atoms with van der Waals surface area (Å²) in [6.07, 6.45) is 6.70. The molecular weight excluding hydrogens is 314 g/mol. The molecule has 0 saturated carbocycles. The van der Waals surface area contributed by atoms with Crippen molar-refractivity contribution in [1.82, 2.24) is 14.8 Å². The van der Waals surface area contributed by atoms with Gasteiger partial charge in [0.1, 0.15) is 0 Å². The van der Waals surface area contributed by atoms with Gasteiger partial charge in [-0.05, 0) is 31.7 Å². The molecule has 2 fully saturated rings. The Morgan fingerprint density at radius 3 is 2.52 bits per heavy atom. The van der Waals surface area contributed by atoms with Crippen LogP contribution in [0.2, 0.25) is 0 Å². The van der Waals surface area contributed by atoms with Gasteiger partial charge in [-0.15, -0.1) is 0 Å². The lowest BCUT2D eigenvalue weighted by Crippen LogP contribution is -2.49. The lowest BCUT2D eigenvalue weighted by atomic mass is 9.98. The highest BCUT2D eigenvalue weighted by Crippen LogP contribution is 2.25. The minimum Gasteiger partial charge on any atom is -0.381 e. The quantitative estimate of drug-likeness (QED) is 0.934. The first kappa shape index (κ1) is 16.6. The van der Waals surface area contributed by atoms with Crippen LogP contribution < -0.4 is 0 Å². The second kappa shape index (κ2) is 7.18. The van der Waals surface area contributed by atoms with Gasteiger partial charge in [-0.2, -0.15) is 0 Å². The molecule has 2 aliphatic rings. The predicted octanol–water partition coefficient (Wildman–Crippen LogP) is 2.88. The number of amides is 1. The number of likely N-dealkylation sites (tertiary alicyclic amines) is 2. The maximum absolute atomic E-state index is 12.9. The molecule has 0 atom stereocenters. The largest absolute Gasteiger partial charge is 0.381 e. The molecule has 2 saturated heterocycles. The number of nitrogens with one attached hydrogen (secondary N) is 1. The molecule has 4 rings (SSSR count). The highest BCUT2D eigenvalue weighted by molar-refractivity contribution is 6.06. The van der Waals surface area contributed by atoms with E-state index in [1.807, 2.05) is 42.5 Å². The van der Waals surface area contributed by atoms with E-state index in [-0.39, 0.29) is 5.91 Å². The van der Waals surface area contributed by atoms with E-state index < -0.39 is 0 Å². The van der Waals surface area contributed by atoms with Crippen LogP contribution in [0, 0.1) is 0 Å². The third-order valence-electron chi connectivity index (χ3n) is 5.90. The van der Waals surface area contributed by atoms with Crippen LogP contribution in [0.1, 0.15) is 36.0 Å². The first-order valence-corrected chi connectivity index (χ1v) is 9.38. The Kier molecular flexibility index (Phi) is 4.77. The van der Waals surface area contributed by atoms with Crippen LogP contribution in [0.5, 0.6) is 0 Å². The minimum atomic E-state index is 0.161. The number of piperidine rings is 2. The molecule has 0 aliphatic carbocycles. The van der Waals surface area contributed by atoms with Crippen molar-refractivity contribution in [3.63, 3.8) is 0 Å². The van der Waals surface area contributed by atoms with Crippen molar-refractivity contribution in [2.24, 2.45) is 0 Å². The topological polar surface area (TPSA) is 48.6 Å². The Morgan fingerprint density at radius 2 is 1.80 bits per heavy atom. The third kappa shape index (κ3) is 3.31. The molecular formula is C20H27N3O2. The maximum Gasteiger partial charge on any atom is 0.256 e. The number of carbonyl (C=O) groups is 1. The lowest BCUT2D eigenvalue weighted by Gasteiger charge is -2.41. The standard InChI is InChI=1S/C20H27N3O2/c1-25-16-8-12-22(13-9-16)15-6-10-23(11-7-15)20(24)18-14-21-19-5-3-2-4-17(18)19/h2-5,14-16,21H,6-13H2,1H3.